The molecular formula is C16H27N. The predicted octanol–water partition coefficient (Wildman–Crippen LogP) is 4.03. The molecule has 0 radical (unpaired) electrons. The fourth-order valence-electron chi connectivity index (χ4n) is 2.38. The average Bonchev–Trinajstić information content (AvgIpc) is 2.28. The van der Waals surface area contributed by atoms with Crippen molar-refractivity contribution < 1.29 is 0 Å². The molecule has 0 heterocycles. The van der Waals surface area contributed by atoms with Crippen molar-refractivity contribution in [3.8, 4) is 0 Å². The van der Waals surface area contributed by atoms with E-state index in [9.17, 15) is 0 Å². The van der Waals surface area contributed by atoms with E-state index in [-0.39, 0.29) is 0 Å². The highest BCUT2D eigenvalue weighted by Gasteiger charge is 2.23. The van der Waals surface area contributed by atoms with Gasteiger partial charge in [0.2, 0.25) is 0 Å². The summed E-state index contributed by atoms with van der Waals surface area (Å²) in [7, 11) is 0. The quantitative estimate of drug-likeness (QED) is 0.749. The van der Waals surface area contributed by atoms with Gasteiger partial charge in [-0.05, 0) is 23.8 Å². The van der Waals surface area contributed by atoms with Gasteiger partial charge in [-0.15, -0.1) is 0 Å². The van der Waals surface area contributed by atoms with Gasteiger partial charge in [0.15, 0.2) is 0 Å². The Morgan fingerprint density at radius 3 is 2.35 bits per heavy atom. The van der Waals surface area contributed by atoms with Crippen LogP contribution in [0.4, 0.5) is 0 Å². The van der Waals surface area contributed by atoms with Crippen molar-refractivity contribution in [2.45, 2.75) is 53.0 Å². The molecule has 1 atom stereocenters. The van der Waals surface area contributed by atoms with Crippen molar-refractivity contribution in [3.05, 3.63) is 35.9 Å². The second-order valence-corrected chi connectivity index (χ2v) is 5.76. The van der Waals surface area contributed by atoms with Gasteiger partial charge >= 0.3 is 0 Å². The molecular weight excluding hydrogens is 206 g/mol. The zero-order chi connectivity index (χ0) is 12.7. The lowest BCUT2D eigenvalue weighted by molar-refractivity contribution is 0.267. The highest BCUT2D eigenvalue weighted by molar-refractivity contribution is 5.16. The third-order valence-electron chi connectivity index (χ3n) is 3.26. The smallest absolute Gasteiger partial charge is 0.00107 e. The Bertz CT molecular complexity index is 305. The van der Waals surface area contributed by atoms with Gasteiger partial charge in [0, 0.05) is 12.6 Å². The summed E-state index contributed by atoms with van der Waals surface area (Å²) in [5, 5.41) is 3.59. The zero-order valence-electron chi connectivity index (χ0n) is 11.8. The molecule has 0 amide bonds. The highest BCUT2D eigenvalue weighted by Crippen LogP contribution is 2.27. The minimum Gasteiger partial charge on any atom is -0.314 e. The van der Waals surface area contributed by atoms with E-state index in [2.05, 4.69) is 63.3 Å². The minimum atomic E-state index is 0.375. The first-order chi connectivity index (χ1) is 8.06. The molecule has 1 aromatic carbocycles. The van der Waals surface area contributed by atoms with E-state index in [1.165, 1.54) is 24.8 Å². The number of benzene rings is 1. The Morgan fingerprint density at radius 1 is 1.18 bits per heavy atom. The summed E-state index contributed by atoms with van der Waals surface area (Å²) in [6, 6.07) is 11.4. The third kappa shape index (κ3) is 5.36. The molecule has 17 heavy (non-hydrogen) atoms. The SMILES string of the molecule is CCCC(C)(CNC(C)C)Cc1ccccc1. The maximum Gasteiger partial charge on any atom is 0.00107 e. The fourth-order valence-corrected chi connectivity index (χ4v) is 2.38. The normalized spacial score (nSPS) is 14.9. The summed E-state index contributed by atoms with van der Waals surface area (Å²) in [5.74, 6) is 0. The second kappa shape index (κ2) is 6.80. The molecule has 0 saturated carbocycles. The molecule has 1 unspecified atom stereocenters. The number of nitrogens with one attached hydrogen (secondary N) is 1. The standard InChI is InChI=1S/C16H27N/c1-5-11-16(4,13-17-14(2)3)12-15-9-7-6-8-10-15/h6-10,14,17H,5,11-13H2,1-4H3. The van der Waals surface area contributed by atoms with Crippen LogP contribution in [0.3, 0.4) is 0 Å². The van der Waals surface area contributed by atoms with Gasteiger partial charge in [0.05, 0.1) is 0 Å². The minimum absolute atomic E-state index is 0.375. The van der Waals surface area contributed by atoms with E-state index >= 15 is 0 Å². The topological polar surface area (TPSA) is 12.0 Å². The highest BCUT2D eigenvalue weighted by atomic mass is 14.9. The second-order valence-electron chi connectivity index (χ2n) is 5.76. The Hall–Kier alpha value is -0.820. The molecule has 0 saturated heterocycles. The number of rotatable bonds is 7. The molecule has 0 aliphatic rings. The number of hydrogen-bond acceptors (Lipinski definition) is 1. The molecule has 1 heteroatoms. The Labute approximate surface area is 107 Å². The molecule has 0 fully saturated rings. The van der Waals surface area contributed by atoms with E-state index in [1.807, 2.05) is 0 Å². The summed E-state index contributed by atoms with van der Waals surface area (Å²) in [5.41, 5.74) is 1.83. The molecule has 1 N–H and O–H groups in total. The van der Waals surface area contributed by atoms with E-state index in [0.717, 1.165) is 6.54 Å². The van der Waals surface area contributed by atoms with Gasteiger partial charge in [-0.2, -0.15) is 0 Å². The number of hydrogen-bond donors (Lipinski definition) is 1. The monoisotopic (exact) mass is 233 g/mol. The summed E-state index contributed by atoms with van der Waals surface area (Å²) in [6.45, 7) is 10.2. The molecule has 1 nitrogen and oxygen atoms in total. The van der Waals surface area contributed by atoms with Gasteiger partial charge in [0.25, 0.3) is 0 Å². The summed E-state index contributed by atoms with van der Waals surface area (Å²) in [4.78, 5) is 0. The first-order valence-electron chi connectivity index (χ1n) is 6.83. The van der Waals surface area contributed by atoms with Crippen LogP contribution in [0.1, 0.15) is 46.1 Å². The Balaban J connectivity index is 2.63. The van der Waals surface area contributed by atoms with Crippen LogP contribution in [0.5, 0.6) is 0 Å². The van der Waals surface area contributed by atoms with Crippen LogP contribution in [-0.4, -0.2) is 12.6 Å². The lowest BCUT2D eigenvalue weighted by Crippen LogP contribution is -2.37. The molecule has 0 aromatic heterocycles. The van der Waals surface area contributed by atoms with Gasteiger partial charge in [0.1, 0.15) is 0 Å². The van der Waals surface area contributed by atoms with Crippen LogP contribution in [0.15, 0.2) is 30.3 Å². The maximum atomic E-state index is 3.59. The zero-order valence-corrected chi connectivity index (χ0v) is 11.8. The van der Waals surface area contributed by atoms with Gasteiger partial charge < -0.3 is 5.32 Å². The van der Waals surface area contributed by atoms with E-state index in [4.69, 9.17) is 0 Å². The van der Waals surface area contributed by atoms with Gasteiger partial charge in [-0.3, -0.25) is 0 Å². The maximum absolute atomic E-state index is 3.59. The van der Waals surface area contributed by atoms with Crippen molar-refractivity contribution in [1.29, 1.82) is 0 Å². The molecule has 0 aliphatic carbocycles. The summed E-state index contributed by atoms with van der Waals surface area (Å²) in [6.07, 6.45) is 3.70. The molecule has 0 bridgehead atoms. The molecule has 1 aromatic rings. The Kier molecular flexibility index (Phi) is 5.70. The fraction of sp³-hybridized carbons (Fsp3) is 0.625. The average molecular weight is 233 g/mol. The van der Waals surface area contributed by atoms with Crippen molar-refractivity contribution in [1.82, 2.24) is 5.32 Å². The van der Waals surface area contributed by atoms with Gasteiger partial charge in [-0.1, -0.05) is 64.4 Å². The largest absolute Gasteiger partial charge is 0.314 e. The summed E-state index contributed by atoms with van der Waals surface area (Å²) >= 11 is 0. The van der Waals surface area contributed by atoms with Crippen LogP contribution in [-0.2, 0) is 6.42 Å². The van der Waals surface area contributed by atoms with E-state index in [1.54, 1.807) is 0 Å². The van der Waals surface area contributed by atoms with Crippen LogP contribution < -0.4 is 5.32 Å². The van der Waals surface area contributed by atoms with E-state index in [0.29, 0.717) is 11.5 Å². The molecule has 1 rings (SSSR count). The van der Waals surface area contributed by atoms with Crippen LogP contribution in [0.2, 0.25) is 0 Å². The van der Waals surface area contributed by atoms with Crippen molar-refractivity contribution in [3.63, 3.8) is 0 Å². The van der Waals surface area contributed by atoms with Crippen LogP contribution >= 0.6 is 0 Å². The third-order valence-corrected chi connectivity index (χ3v) is 3.26. The van der Waals surface area contributed by atoms with E-state index < -0.39 is 0 Å². The lowest BCUT2D eigenvalue weighted by Gasteiger charge is -2.31. The molecule has 0 spiro atoms. The molecule has 96 valence electrons. The van der Waals surface area contributed by atoms with Crippen LogP contribution in [0, 0.1) is 5.41 Å². The molecule has 0 aliphatic heterocycles. The Morgan fingerprint density at radius 2 is 1.82 bits per heavy atom. The summed E-state index contributed by atoms with van der Waals surface area (Å²) < 4.78 is 0. The van der Waals surface area contributed by atoms with Crippen molar-refractivity contribution in [2.75, 3.05) is 6.54 Å². The predicted molar refractivity (Wildman–Crippen MR) is 76.3 cm³/mol. The van der Waals surface area contributed by atoms with Crippen molar-refractivity contribution >= 4 is 0 Å². The first-order valence-corrected chi connectivity index (χ1v) is 6.83. The van der Waals surface area contributed by atoms with Crippen LogP contribution in [0.25, 0.3) is 0 Å². The van der Waals surface area contributed by atoms with Crippen molar-refractivity contribution in [2.24, 2.45) is 5.41 Å². The lowest BCUT2D eigenvalue weighted by atomic mass is 9.79. The van der Waals surface area contributed by atoms with Gasteiger partial charge in [-0.25, -0.2) is 0 Å². The first kappa shape index (κ1) is 14.2.